The minimum Gasteiger partial charge on any atom is -0.444 e. The van der Waals surface area contributed by atoms with Gasteiger partial charge >= 0.3 is 6.09 Å². The van der Waals surface area contributed by atoms with E-state index in [4.69, 9.17) is 4.74 Å². The lowest BCUT2D eigenvalue weighted by Crippen LogP contribution is -2.48. The summed E-state index contributed by atoms with van der Waals surface area (Å²) in [7, 11) is 0. The van der Waals surface area contributed by atoms with Crippen molar-refractivity contribution in [1.82, 2.24) is 4.90 Å². The molecule has 2 fully saturated rings. The largest absolute Gasteiger partial charge is 0.444 e. The fourth-order valence-corrected chi connectivity index (χ4v) is 2.42. The highest BCUT2D eigenvalue weighted by Gasteiger charge is 2.47. The first kappa shape index (κ1) is 11.7. The second-order valence-corrected chi connectivity index (χ2v) is 5.96. The van der Waals surface area contributed by atoms with Gasteiger partial charge in [0, 0.05) is 6.54 Å². The molecule has 1 amide bonds. The molecule has 0 aromatic heterocycles. The zero-order valence-corrected chi connectivity index (χ0v) is 10.3. The summed E-state index contributed by atoms with van der Waals surface area (Å²) in [6, 6.07) is -0.0430. The second kappa shape index (κ2) is 3.91. The first-order valence-electron chi connectivity index (χ1n) is 6.01. The van der Waals surface area contributed by atoms with E-state index in [9.17, 15) is 9.90 Å². The molecule has 1 aliphatic heterocycles. The summed E-state index contributed by atoms with van der Waals surface area (Å²) in [5.74, 6) is 1.38. The van der Waals surface area contributed by atoms with Gasteiger partial charge in [-0.25, -0.2) is 4.79 Å². The van der Waals surface area contributed by atoms with Crippen LogP contribution in [0.1, 0.15) is 33.6 Å². The van der Waals surface area contributed by atoms with Crippen molar-refractivity contribution in [2.24, 2.45) is 11.8 Å². The summed E-state index contributed by atoms with van der Waals surface area (Å²) in [5.41, 5.74) is -0.461. The van der Waals surface area contributed by atoms with E-state index in [0.29, 0.717) is 5.92 Å². The van der Waals surface area contributed by atoms with Crippen molar-refractivity contribution < 1.29 is 14.6 Å². The molecule has 1 saturated carbocycles. The standard InChI is InChI=1S/C12H21NO3/c1-12(2,3)16-11(15)13-6-9-4-8(9)5-10(13)7-14/h8-10,14H,4-7H2,1-3H3/t8-,9-,10+/m0/s1. The molecule has 2 aliphatic rings. The Morgan fingerprint density at radius 3 is 2.62 bits per heavy atom. The molecule has 0 radical (unpaired) electrons. The number of carbonyl (C=O) groups is 1. The Bertz CT molecular complexity index is 284. The van der Waals surface area contributed by atoms with Crippen LogP contribution in [0.4, 0.5) is 4.79 Å². The molecular formula is C12H21NO3. The molecule has 4 nitrogen and oxygen atoms in total. The number of hydrogen-bond acceptors (Lipinski definition) is 3. The smallest absolute Gasteiger partial charge is 0.410 e. The minimum atomic E-state index is -0.461. The lowest BCUT2D eigenvalue weighted by molar-refractivity contribution is 0.000449. The number of amides is 1. The Balaban J connectivity index is 1.98. The molecule has 3 atom stereocenters. The first-order chi connectivity index (χ1) is 7.40. The molecule has 0 aromatic rings. The molecule has 92 valence electrons. The van der Waals surface area contributed by atoms with Crippen LogP contribution in [0.3, 0.4) is 0 Å². The van der Waals surface area contributed by atoms with E-state index in [1.54, 1.807) is 4.90 Å². The van der Waals surface area contributed by atoms with Gasteiger partial charge < -0.3 is 14.7 Å². The molecule has 0 spiro atoms. The van der Waals surface area contributed by atoms with Crippen molar-refractivity contribution in [2.75, 3.05) is 13.2 Å². The van der Waals surface area contributed by atoms with Crippen LogP contribution < -0.4 is 0 Å². The molecule has 4 heteroatoms. The second-order valence-electron chi connectivity index (χ2n) is 5.96. The summed E-state index contributed by atoms with van der Waals surface area (Å²) in [5, 5.41) is 9.30. The summed E-state index contributed by atoms with van der Waals surface area (Å²) in [6.45, 7) is 6.39. The molecule has 1 N–H and O–H groups in total. The van der Waals surface area contributed by atoms with Crippen molar-refractivity contribution in [3.05, 3.63) is 0 Å². The number of ether oxygens (including phenoxy) is 1. The van der Waals surface area contributed by atoms with Gasteiger partial charge in [0.15, 0.2) is 0 Å². The molecular weight excluding hydrogens is 206 g/mol. The van der Waals surface area contributed by atoms with E-state index in [2.05, 4.69) is 0 Å². The number of fused-ring (bicyclic) bond motifs is 1. The van der Waals surface area contributed by atoms with Gasteiger partial charge in [0.05, 0.1) is 12.6 Å². The average molecular weight is 227 g/mol. The topological polar surface area (TPSA) is 49.8 Å². The fourth-order valence-electron chi connectivity index (χ4n) is 2.42. The number of carbonyl (C=O) groups excluding carboxylic acids is 1. The van der Waals surface area contributed by atoms with E-state index in [1.807, 2.05) is 20.8 Å². The number of likely N-dealkylation sites (tertiary alicyclic amines) is 1. The first-order valence-corrected chi connectivity index (χ1v) is 6.01. The van der Waals surface area contributed by atoms with Crippen LogP contribution in [-0.2, 0) is 4.74 Å². The van der Waals surface area contributed by atoms with Gasteiger partial charge in [-0.2, -0.15) is 0 Å². The van der Waals surface area contributed by atoms with Crippen molar-refractivity contribution in [1.29, 1.82) is 0 Å². The highest BCUT2D eigenvalue weighted by atomic mass is 16.6. The predicted molar refractivity (Wildman–Crippen MR) is 60.0 cm³/mol. The Hall–Kier alpha value is -0.770. The Labute approximate surface area is 96.6 Å². The number of nitrogens with zero attached hydrogens (tertiary/aromatic N) is 1. The number of rotatable bonds is 1. The van der Waals surface area contributed by atoms with Crippen molar-refractivity contribution >= 4 is 6.09 Å². The minimum absolute atomic E-state index is 0.0430. The third-order valence-corrected chi connectivity index (χ3v) is 3.35. The number of hydrogen-bond donors (Lipinski definition) is 1. The molecule has 1 aliphatic carbocycles. The molecule has 0 unspecified atom stereocenters. The summed E-state index contributed by atoms with van der Waals surface area (Å²) in [4.78, 5) is 13.6. The van der Waals surface area contributed by atoms with Crippen LogP contribution in [0, 0.1) is 11.8 Å². The average Bonchev–Trinajstić information content (AvgIpc) is 2.90. The van der Waals surface area contributed by atoms with Crippen molar-refractivity contribution in [3.8, 4) is 0 Å². The van der Waals surface area contributed by atoms with Crippen LogP contribution in [0.25, 0.3) is 0 Å². The third kappa shape index (κ3) is 2.48. The maximum absolute atomic E-state index is 11.9. The SMILES string of the molecule is CC(C)(C)OC(=O)N1C[C@@H]2C[C@H]2C[C@@H]1CO. The maximum atomic E-state index is 11.9. The highest BCUT2D eigenvalue weighted by molar-refractivity contribution is 5.69. The third-order valence-electron chi connectivity index (χ3n) is 3.35. The van der Waals surface area contributed by atoms with Gasteiger partial charge in [0.25, 0.3) is 0 Å². The van der Waals surface area contributed by atoms with Gasteiger partial charge in [0.2, 0.25) is 0 Å². The van der Waals surface area contributed by atoms with E-state index in [1.165, 1.54) is 6.42 Å². The van der Waals surface area contributed by atoms with Crippen molar-refractivity contribution in [2.45, 2.75) is 45.3 Å². The molecule has 1 saturated heterocycles. The van der Waals surface area contributed by atoms with Gasteiger partial charge in [-0.1, -0.05) is 0 Å². The van der Waals surface area contributed by atoms with Gasteiger partial charge in [-0.3, -0.25) is 0 Å². The molecule has 0 bridgehead atoms. The number of piperidine rings is 1. The predicted octanol–water partition coefficient (Wildman–Crippen LogP) is 1.62. The Kier molecular flexibility index (Phi) is 2.86. The van der Waals surface area contributed by atoms with Crippen LogP contribution in [0.5, 0.6) is 0 Å². The van der Waals surface area contributed by atoms with Gasteiger partial charge in [-0.05, 0) is 45.4 Å². The van der Waals surface area contributed by atoms with Gasteiger partial charge in [-0.15, -0.1) is 0 Å². The van der Waals surface area contributed by atoms with Crippen LogP contribution >= 0.6 is 0 Å². The van der Waals surface area contributed by atoms with Crippen molar-refractivity contribution in [3.63, 3.8) is 0 Å². The Morgan fingerprint density at radius 2 is 2.06 bits per heavy atom. The van der Waals surface area contributed by atoms with E-state index in [0.717, 1.165) is 18.9 Å². The lowest BCUT2D eigenvalue weighted by Gasteiger charge is -2.35. The summed E-state index contributed by atoms with van der Waals surface area (Å²) in [6.07, 6.45) is 1.85. The monoisotopic (exact) mass is 227 g/mol. The maximum Gasteiger partial charge on any atom is 0.410 e. The fraction of sp³-hybridized carbons (Fsp3) is 0.917. The highest BCUT2D eigenvalue weighted by Crippen LogP contribution is 2.47. The zero-order chi connectivity index (χ0) is 11.9. The molecule has 0 aromatic carbocycles. The molecule has 16 heavy (non-hydrogen) atoms. The number of aliphatic hydroxyl groups is 1. The lowest BCUT2D eigenvalue weighted by atomic mass is 10.0. The van der Waals surface area contributed by atoms with E-state index in [-0.39, 0.29) is 18.7 Å². The normalized spacial score (nSPS) is 33.2. The van der Waals surface area contributed by atoms with Crippen LogP contribution in [0.2, 0.25) is 0 Å². The van der Waals surface area contributed by atoms with E-state index < -0.39 is 5.60 Å². The number of aliphatic hydroxyl groups excluding tert-OH is 1. The van der Waals surface area contributed by atoms with E-state index >= 15 is 0 Å². The molecule has 1 heterocycles. The summed E-state index contributed by atoms with van der Waals surface area (Å²) >= 11 is 0. The zero-order valence-electron chi connectivity index (χ0n) is 10.3. The van der Waals surface area contributed by atoms with Crippen LogP contribution in [0.15, 0.2) is 0 Å². The van der Waals surface area contributed by atoms with Gasteiger partial charge in [0.1, 0.15) is 5.60 Å². The summed E-state index contributed by atoms with van der Waals surface area (Å²) < 4.78 is 5.35. The quantitative estimate of drug-likeness (QED) is 0.740. The van der Waals surface area contributed by atoms with Crippen LogP contribution in [-0.4, -0.2) is 40.9 Å². The Morgan fingerprint density at radius 1 is 1.38 bits per heavy atom. The molecule has 2 rings (SSSR count).